The monoisotopic (exact) mass is 232 g/mol. The third-order valence-corrected chi connectivity index (χ3v) is 4.42. The molecule has 0 aromatic heterocycles. The van der Waals surface area contributed by atoms with Gasteiger partial charge in [0.2, 0.25) is 5.91 Å². The SMILES string of the molecule is CC(C(=O)NC1CCCC1)S(=O)CCN. The molecule has 0 saturated heterocycles. The molecule has 15 heavy (non-hydrogen) atoms. The van der Waals surface area contributed by atoms with Crippen LogP contribution in [0.5, 0.6) is 0 Å². The fourth-order valence-electron chi connectivity index (χ4n) is 1.80. The molecule has 0 aromatic carbocycles. The molecule has 88 valence electrons. The Labute approximate surface area is 93.4 Å². The van der Waals surface area contributed by atoms with Crippen molar-refractivity contribution in [2.45, 2.75) is 43.9 Å². The summed E-state index contributed by atoms with van der Waals surface area (Å²) in [6, 6.07) is 0.301. The van der Waals surface area contributed by atoms with Crippen LogP contribution in [-0.2, 0) is 15.6 Å². The van der Waals surface area contributed by atoms with E-state index in [1.807, 2.05) is 0 Å². The molecule has 2 unspecified atom stereocenters. The number of amides is 1. The maximum Gasteiger partial charge on any atom is 0.235 e. The first-order valence-electron chi connectivity index (χ1n) is 5.52. The van der Waals surface area contributed by atoms with Gasteiger partial charge in [-0.15, -0.1) is 0 Å². The molecule has 3 N–H and O–H groups in total. The van der Waals surface area contributed by atoms with Gasteiger partial charge >= 0.3 is 0 Å². The number of carbonyl (C=O) groups is 1. The van der Waals surface area contributed by atoms with Crippen molar-refractivity contribution in [3.05, 3.63) is 0 Å². The van der Waals surface area contributed by atoms with Crippen molar-refractivity contribution >= 4 is 16.7 Å². The predicted molar refractivity (Wildman–Crippen MR) is 61.9 cm³/mol. The molecule has 1 saturated carbocycles. The van der Waals surface area contributed by atoms with Gasteiger partial charge in [0, 0.05) is 29.1 Å². The van der Waals surface area contributed by atoms with Gasteiger partial charge in [0.25, 0.3) is 0 Å². The van der Waals surface area contributed by atoms with Gasteiger partial charge < -0.3 is 11.1 Å². The van der Waals surface area contributed by atoms with Crippen molar-refractivity contribution in [2.24, 2.45) is 5.73 Å². The summed E-state index contributed by atoms with van der Waals surface area (Å²) in [4.78, 5) is 11.7. The van der Waals surface area contributed by atoms with Crippen LogP contribution < -0.4 is 11.1 Å². The lowest BCUT2D eigenvalue weighted by molar-refractivity contribution is -0.121. The van der Waals surface area contributed by atoms with E-state index in [0.29, 0.717) is 18.3 Å². The molecular formula is C10H20N2O2S. The minimum Gasteiger partial charge on any atom is -0.352 e. The average Bonchev–Trinajstić information content (AvgIpc) is 2.69. The number of carbonyl (C=O) groups excluding carboxylic acids is 1. The smallest absolute Gasteiger partial charge is 0.235 e. The number of nitrogens with two attached hydrogens (primary N) is 1. The van der Waals surface area contributed by atoms with Crippen LogP contribution in [0.25, 0.3) is 0 Å². The fourth-order valence-corrected chi connectivity index (χ4v) is 2.69. The Bertz CT molecular complexity index is 240. The quantitative estimate of drug-likeness (QED) is 0.708. The molecule has 0 radical (unpaired) electrons. The third kappa shape index (κ3) is 3.91. The lowest BCUT2D eigenvalue weighted by Gasteiger charge is -2.15. The van der Waals surface area contributed by atoms with Gasteiger partial charge in [-0.3, -0.25) is 9.00 Å². The number of hydrogen-bond acceptors (Lipinski definition) is 3. The minimum absolute atomic E-state index is 0.0892. The Morgan fingerprint density at radius 1 is 1.53 bits per heavy atom. The maximum atomic E-state index is 11.7. The second-order valence-corrected chi connectivity index (χ2v) is 5.88. The zero-order valence-corrected chi connectivity index (χ0v) is 10.0. The molecule has 0 heterocycles. The van der Waals surface area contributed by atoms with Gasteiger partial charge in [-0.1, -0.05) is 12.8 Å². The van der Waals surface area contributed by atoms with Gasteiger partial charge in [-0.2, -0.15) is 0 Å². The standard InChI is InChI=1S/C10H20N2O2S/c1-8(15(14)7-6-11)10(13)12-9-4-2-3-5-9/h8-9H,2-7,11H2,1H3,(H,12,13). The topological polar surface area (TPSA) is 72.2 Å². The fraction of sp³-hybridized carbons (Fsp3) is 0.900. The summed E-state index contributed by atoms with van der Waals surface area (Å²) >= 11 is 0. The Hall–Kier alpha value is -0.420. The van der Waals surface area contributed by atoms with E-state index in [1.165, 1.54) is 12.8 Å². The Morgan fingerprint density at radius 2 is 2.13 bits per heavy atom. The van der Waals surface area contributed by atoms with E-state index in [1.54, 1.807) is 6.92 Å². The Balaban J connectivity index is 2.34. The molecule has 1 aliphatic carbocycles. The lowest BCUT2D eigenvalue weighted by atomic mass is 10.2. The van der Waals surface area contributed by atoms with Crippen LogP contribution in [0.15, 0.2) is 0 Å². The molecule has 0 aromatic rings. The van der Waals surface area contributed by atoms with Crippen molar-refractivity contribution in [3.8, 4) is 0 Å². The van der Waals surface area contributed by atoms with Crippen LogP contribution in [-0.4, -0.2) is 33.7 Å². The van der Waals surface area contributed by atoms with Crippen LogP contribution in [0.2, 0.25) is 0 Å². The lowest BCUT2D eigenvalue weighted by Crippen LogP contribution is -2.41. The number of nitrogens with one attached hydrogen (secondary N) is 1. The van der Waals surface area contributed by atoms with Crippen molar-refractivity contribution in [3.63, 3.8) is 0 Å². The zero-order chi connectivity index (χ0) is 11.3. The van der Waals surface area contributed by atoms with E-state index in [9.17, 15) is 9.00 Å². The highest BCUT2D eigenvalue weighted by Crippen LogP contribution is 2.17. The summed E-state index contributed by atoms with van der Waals surface area (Å²) in [6.45, 7) is 2.07. The Kier molecular flexibility index (Phi) is 5.25. The highest BCUT2D eigenvalue weighted by atomic mass is 32.2. The molecule has 1 amide bonds. The van der Waals surface area contributed by atoms with E-state index >= 15 is 0 Å². The first-order chi connectivity index (χ1) is 7.15. The van der Waals surface area contributed by atoms with Crippen molar-refractivity contribution in [1.82, 2.24) is 5.32 Å². The van der Waals surface area contributed by atoms with Crippen molar-refractivity contribution in [2.75, 3.05) is 12.3 Å². The molecule has 1 fully saturated rings. The molecule has 1 aliphatic rings. The third-order valence-electron chi connectivity index (χ3n) is 2.78. The van der Waals surface area contributed by atoms with E-state index < -0.39 is 16.0 Å². The summed E-state index contributed by atoms with van der Waals surface area (Å²) in [6.07, 6.45) is 4.49. The molecule has 0 aliphatic heterocycles. The molecule has 0 bridgehead atoms. The van der Waals surface area contributed by atoms with Crippen LogP contribution in [0.1, 0.15) is 32.6 Å². The number of rotatable bonds is 5. The van der Waals surface area contributed by atoms with E-state index in [0.717, 1.165) is 12.8 Å². The molecule has 1 rings (SSSR count). The normalized spacial score (nSPS) is 21.2. The van der Waals surface area contributed by atoms with Gasteiger partial charge in [0.1, 0.15) is 5.25 Å². The molecule has 5 heteroatoms. The zero-order valence-electron chi connectivity index (χ0n) is 9.20. The van der Waals surface area contributed by atoms with Gasteiger partial charge in [-0.05, 0) is 19.8 Å². The van der Waals surface area contributed by atoms with Crippen LogP contribution in [0.3, 0.4) is 0 Å². The van der Waals surface area contributed by atoms with E-state index in [2.05, 4.69) is 5.32 Å². The summed E-state index contributed by atoms with van der Waals surface area (Å²) in [5, 5.41) is 2.51. The van der Waals surface area contributed by atoms with Crippen LogP contribution in [0.4, 0.5) is 0 Å². The summed E-state index contributed by atoms with van der Waals surface area (Å²) < 4.78 is 11.5. The molecule has 2 atom stereocenters. The second kappa shape index (κ2) is 6.23. The molecule has 0 spiro atoms. The largest absolute Gasteiger partial charge is 0.352 e. The minimum atomic E-state index is -1.13. The highest BCUT2D eigenvalue weighted by molar-refractivity contribution is 7.86. The van der Waals surface area contributed by atoms with E-state index in [4.69, 9.17) is 5.73 Å². The predicted octanol–water partition coefficient (Wildman–Crippen LogP) is 0.141. The average molecular weight is 232 g/mol. The van der Waals surface area contributed by atoms with Gasteiger partial charge in [0.15, 0.2) is 0 Å². The summed E-state index contributed by atoms with van der Waals surface area (Å²) in [7, 11) is -1.13. The first-order valence-corrected chi connectivity index (χ1v) is 6.91. The summed E-state index contributed by atoms with van der Waals surface area (Å²) in [5.74, 6) is 0.313. The van der Waals surface area contributed by atoms with Gasteiger partial charge in [0.05, 0.1) is 0 Å². The molecule has 4 nitrogen and oxygen atoms in total. The Morgan fingerprint density at radius 3 is 2.67 bits per heavy atom. The van der Waals surface area contributed by atoms with Crippen LogP contribution >= 0.6 is 0 Å². The van der Waals surface area contributed by atoms with Crippen LogP contribution in [0, 0.1) is 0 Å². The summed E-state index contributed by atoms with van der Waals surface area (Å²) in [5.41, 5.74) is 5.31. The second-order valence-electron chi connectivity index (χ2n) is 4.01. The first kappa shape index (κ1) is 12.6. The highest BCUT2D eigenvalue weighted by Gasteiger charge is 2.23. The maximum absolute atomic E-state index is 11.7. The molecular weight excluding hydrogens is 212 g/mol. The number of hydrogen-bond donors (Lipinski definition) is 2. The van der Waals surface area contributed by atoms with Gasteiger partial charge in [-0.25, -0.2) is 0 Å². The van der Waals surface area contributed by atoms with Crippen molar-refractivity contribution in [1.29, 1.82) is 0 Å². The van der Waals surface area contributed by atoms with Crippen molar-refractivity contribution < 1.29 is 9.00 Å². The van der Waals surface area contributed by atoms with E-state index in [-0.39, 0.29) is 5.91 Å².